The Bertz CT molecular complexity index is 829. The lowest BCUT2D eigenvalue weighted by Gasteiger charge is -2.30. The van der Waals surface area contributed by atoms with E-state index in [-0.39, 0.29) is 23.9 Å². The Hall–Kier alpha value is -1.63. The Balaban J connectivity index is 1.74. The van der Waals surface area contributed by atoms with Gasteiger partial charge in [0.2, 0.25) is 5.91 Å². The van der Waals surface area contributed by atoms with Gasteiger partial charge in [0.1, 0.15) is 17.0 Å². The zero-order chi connectivity index (χ0) is 20.3. The average molecular weight is 425 g/mol. The molecule has 7 heteroatoms. The summed E-state index contributed by atoms with van der Waals surface area (Å²) in [5.74, 6) is -0.390. The number of thioether (sulfide) groups is 1. The number of halogens is 3. The summed E-state index contributed by atoms with van der Waals surface area (Å²) >= 11 is 8.03. The van der Waals surface area contributed by atoms with Crippen molar-refractivity contribution in [1.82, 2.24) is 9.80 Å². The standard InChI is InChI=1S/C21H23ClF2N2OS/c1-14(2)25(12-15-9-16(23)11-17(24)10-15)13-20(27)26-7-8-28-21(26)18-5-3-4-6-19(18)22/h3-6,9-11,14,21H,7-8,12-13H2,1-2H3. The Kier molecular flexibility index (Phi) is 6.96. The van der Waals surface area contributed by atoms with Crippen LogP contribution in [0.1, 0.15) is 30.3 Å². The third-order valence-electron chi connectivity index (χ3n) is 4.76. The van der Waals surface area contributed by atoms with Crippen molar-refractivity contribution in [3.05, 3.63) is 70.2 Å². The summed E-state index contributed by atoms with van der Waals surface area (Å²) in [7, 11) is 0. The van der Waals surface area contributed by atoms with Crippen LogP contribution < -0.4 is 0 Å². The van der Waals surface area contributed by atoms with Gasteiger partial charge in [-0.1, -0.05) is 29.8 Å². The average Bonchev–Trinajstić information content (AvgIpc) is 3.10. The van der Waals surface area contributed by atoms with E-state index in [2.05, 4.69) is 0 Å². The van der Waals surface area contributed by atoms with E-state index in [0.717, 1.165) is 17.4 Å². The summed E-state index contributed by atoms with van der Waals surface area (Å²) < 4.78 is 27.0. The monoisotopic (exact) mass is 424 g/mol. The Morgan fingerprint density at radius 2 is 1.93 bits per heavy atom. The number of hydrogen-bond donors (Lipinski definition) is 0. The van der Waals surface area contributed by atoms with Gasteiger partial charge in [0, 0.05) is 41.5 Å². The van der Waals surface area contributed by atoms with Gasteiger partial charge in [0.05, 0.1) is 6.54 Å². The number of rotatable bonds is 6. The number of amides is 1. The molecule has 0 aliphatic carbocycles. The highest BCUT2D eigenvalue weighted by Gasteiger charge is 2.32. The maximum atomic E-state index is 13.5. The van der Waals surface area contributed by atoms with Crippen molar-refractivity contribution in [2.45, 2.75) is 31.8 Å². The highest BCUT2D eigenvalue weighted by Crippen LogP contribution is 2.40. The molecule has 1 heterocycles. The van der Waals surface area contributed by atoms with Crippen molar-refractivity contribution in [3.8, 4) is 0 Å². The quantitative estimate of drug-likeness (QED) is 0.644. The maximum absolute atomic E-state index is 13.5. The van der Waals surface area contributed by atoms with Gasteiger partial charge < -0.3 is 4.90 Å². The van der Waals surface area contributed by atoms with Crippen LogP contribution in [0.3, 0.4) is 0 Å². The largest absolute Gasteiger partial charge is 0.325 e. The first kappa shape index (κ1) is 21.1. The van der Waals surface area contributed by atoms with E-state index in [1.54, 1.807) is 11.8 Å². The van der Waals surface area contributed by atoms with E-state index in [4.69, 9.17) is 11.6 Å². The molecule has 1 aliphatic rings. The molecule has 0 bridgehead atoms. The molecule has 1 unspecified atom stereocenters. The number of carbonyl (C=O) groups excluding carboxylic acids is 1. The van der Waals surface area contributed by atoms with Crippen LogP contribution in [-0.4, -0.2) is 40.6 Å². The first-order valence-corrected chi connectivity index (χ1v) is 10.6. The molecule has 3 nitrogen and oxygen atoms in total. The van der Waals surface area contributed by atoms with Gasteiger partial charge in [0.25, 0.3) is 0 Å². The van der Waals surface area contributed by atoms with E-state index in [1.165, 1.54) is 12.1 Å². The lowest BCUT2D eigenvalue weighted by atomic mass is 10.1. The van der Waals surface area contributed by atoms with Gasteiger partial charge in [-0.2, -0.15) is 0 Å². The van der Waals surface area contributed by atoms with Crippen LogP contribution in [0, 0.1) is 11.6 Å². The van der Waals surface area contributed by atoms with E-state index in [9.17, 15) is 13.6 Å². The lowest BCUT2D eigenvalue weighted by Crippen LogP contribution is -2.42. The summed E-state index contributed by atoms with van der Waals surface area (Å²) in [4.78, 5) is 16.8. The Morgan fingerprint density at radius 1 is 1.25 bits per heavy atom. The fourth-order valence-corrected chi connectivity index (χ4v) is 4.90. The minimum atomic E-state index is -0.611. The second-order valence-corrected chi connectivity index (χ2v) is 8.70. The number of benzene rings is 2. The van der Waals surface area contributed by atoms with E-state index >= 15 is 0 Å². The summed E-state index contributed by atoms with van der Waals surface area (Å²) in [6, 6.07) is 11.1. The van der Waals surface area contributed by atoms with Crippen molar-refractivity contribution in [3.63, 3.8) is 0 Å². The van der Waals surface area contributed by atoms with Crippen LogP contribution >= 0.6 is 23.4 Å². The minimum Gasteiger partial charge on any atom is -0.325 e. The smallest absolute Gasteiger partial charge is 0.237 e. The van der Waals surface area contributed by atoms with Crippen molar-refractivity contribution in [2.24, 2.45) is 0 Å². The van der Waals surface area contributed by atoms with Gasteiger partial charge in [-0.05, 0) is 37.6 Å². The SMILES string of the molecule is CC(C)N(CC(=O)N1CCSC1c1ccccc1Cl)Cc1cc(F)cc(F)c1. The first-order chi connectivity index (χ1) is 13.3. The molecule has 1 amide bonds. The van der Waals surface area contributed by atoms with Gasteiger partial charge in [-0.15, -0.1) is 11.8 Å². The second kappa shape index (κ2) is 9.25. The van der Waals surface area contributed by atoms with Gasteiger partial charge in [0.15, 0.2) is 0 Å². The molecule has 1 aliphatic heterocycles. The molecule has 0 spiro atoms. The number of nitrogens with zero attached hydrogens (tertiary/aromatic N) is 2. The summed E-state index contributed by atoms with van der Waals surface area (Å²) in [6.45, 7) is 5.06. The molecule has 28 heavy (non-hydrogen) atoms. The number of carbonyl (C=O) groups is 1. The van der Waals surface area contributed by atoms with Crippen molar-refractivity contribution >= 4 is 29.3 Å². The highest BCUT2D eigenvalue weighted by molar-refractivity contribution is 7.99. The van der Waals surface area contributed by atoms with Crippen LogP contribution in [0.4, 0.5) is 8.78 Å². The molecule has 1 atom stereocenters. The van der Waals surface area contributed by atoms with Gasteiger partial charge in [-0.25, -0.2) is 8.78 Å². The summed E-state index contributed by atoms with van der Waals surface area (Å²) in [5, 5.41) is 0.539. The topological polar surface area (TPSA) is 23.6 Å². The van der Waals surface area contributed by atoms with Crippen LogP contribution in [0.5, 0.6) is 0 Å². The van der Waals surface area contributed by atoms with Gasteiger partial charge >= 0.3 is 0 Å². The molecule has 3 rings (SSSR count). The Morgan fingerprint density at radius 3 is 2.57 bits per heavy atom. The molecular formula is C21H23ClF2N2OS. The normalized spacial score (nSPS) is 17.0. The Labute approximate surface area is 173 Å². The third-order valence-corrected chi connectivity index (χ3v) is 6.35. The molecule has 2 aromatic rings. The molecule has 0 N–H and O–H groups in total. The molecule has 1 fully saturated rings. The highest BCUT2D eigenvalue weighted by atomic mass is 35.5. The second-order valence-electron chi connectivity index (χ2n) is 7.11. The molecule has 1 saturated heterocycles. The zero-order valence-corrected chi connectivity index (χ0v) is 17.4. The number of hydrogen-bond acceptors (Lipinski definition) is 3. The molecular weight excluding hydrogens is 402 g/mol. The molecule has 2 aromatic carbocycles. The van der Waals surface area contributed by atoms with Crippen LogP contribution in [0.15, 0.2) is 42.5 Å². The fraction of sp³-hybridized carbons (Fsp3) is 0.381. The van der Waals surface area contributed by atoms with Crippen LogP contribution in [0.25, 0.3) is 0 Å². The molecule has 150 valence electrons. The summed E-state index contributed by atoms with van der Waals surface area (Å²) in [6.07, 6.45) is 0. The van der Waals surface area contributed by atoms with Crippen molar-refractivity contribution in [2.75, 3.05) is 18.8 Å². The maximum Gasteiger partial charge on any atom is 0.237 e. The first-order valence-electron chi connectivity index (χ1n) is 9.19. The van der Waals surface area contributed by atoms with Crippen molar-refractivity contribution < 1.29 is 13.6 Å². The molecule has 0 saturated carbocycles. The molecule has 0 aromatic heterocycles. The lowest BCUT2D eigenvalue weighted by molar-refractivity contribution is -0.133. The predicted molar refractivity (Wildman–Crippen MR) is 110 cm³/mol. The van der Waals surface area contributed by atoms with E-state index in [0.29, 0.717) is 23.7 Å². The van der Waals surface area contributed by atoms with Crippen LogP contribution in [-0.2, 0) is 11.3 Å². The van der Waals surface area contributed by atoms with E-state index < -0.39 is 11.6 Å². The summed E-state index contributed by atoms with van der Waals surface area (Å²) in [5.41, 5.74) is 1.45. The van der Waals surface area contributed by atoms with Crippen molar-refractivity contribution in [1.29, 1.82) is 0 Å². The minimum absolute atomic E-state index is 0.0134. The van der Waals surface area contributed by atoms with E-state index in [1.807, 2.05) is 47.9 Å². The third kappa shape index (κ3) is 5.04. The zero-order valence-electron chi connectivity index (χ0n) is 15.9. The predicted octanol–water partition coefficient (Wildman–Crippen LogP) is 5.10. The van der Waals surface area contributed by atoms with Crippen LogP contribution in [0.2, 0.25) is 5.02 Å². The fourth-order valence-electron chi connectivity index (χ4n) is 3.28. The molecule has 0 radical (unpaired) electrons. The van der Waals surface area contributed by atoms with Gasteiger partial charge in [-0.3, -0.25) is 9.69 Å².